The van der Waals surface area contributed by atoms with E-state index in [1.807, 2.05) is 13.0 Å². The first-order valence-corrected chi connectivity index (χ1v) is 12.3. The van der Waals surface area contributed by atoms with E-state index in [9.17, 15) is 14.0 Å². The monoisotopic (exact) mass is 507 g/mol. The Morgan fingerprint density at radius 2 is 1.79 bits per heavy atom. The Bertz CT molecular complexity index is 1050. The average molecular weight is 508 g/mol. The fraction of sp³-hybridized carbons (Fsp3) is 0.440. The molecular weight excluding hydrogens is 480 g/mol. The summed E-state index contributed by atoms with van der Waals surface area (Å²) in [6.07, 6.45) is 0.767. The molecule has 4 rings (SSSR count). The predicted molar refractivity (Wildman–Crippen MR) is 130 cm³/mol. The molecule has 2 heterocycles. The van der Waals surface area contributed by atoms with Gasteiger partial charge in [0.2, 0.25) is 0 Å². The van der Waals surface area contributed by atoms with Gasteiger partial charge in [-0.25, -0.2) is 9.18 Å². The zero-order valence-electron chi connectivity index (χ0n) is 19.0. The lowest BCUT2D eigenvalue weighted by Gasteiger charge is -2.44. The van der Waals surface area contributed by atoms with Crippen LogP contribution in [-0.2, 0) is 4.79 Å². The molecule has 2 atom stereocenters. The van der Waals surface area contributed by atoms with Crippen LogP contribution in [0.5, 0.6) is 5.75 Å². The summed E-state index contributed by atoms with van der Waals surface area (Å²) < 4.78 is 18.9. The standard InChI is InChI=1S/C25H28Cl2FN3O3/c1-2-31(24(33)34-19-6-4-18(28)5-7-19)25(23(32)16-9-11-29-12-10-16)15-30-14-20(25)17-3-8-21(26)22(27)13-17/h3-8,13,16,20,29-30H,2,9-12,14-15H2,1H3/t20-,25+/m0/s1. The van der Waals surface area contributed by atoms with Crippen molar-refractivity contribution in [3.63, 3.8) is 0 Å². The van der Waals surface area contributed by atoms with Crippen LogP contribution in [0.25, 0.3) is 0 Å². The van der Waals surface area contributed by atoms with Gasteiger partial charge < -0.3 is 15.4 Å². The molecule has 0 spiro atoms. The third kappa shape index (κ3) is 4.80. The first-order valence-electron chi connectivity index (χ1n) is 11.5. The van der Waals surface area contributed by atoms with Crippen LogP contribution in [0.3, 0.4) is 0 Å². The van der Waals surface area contributed by atoms with Crippen LogP contribution in [0.4, 0.5) is 9.18 Å². The van der Waals surface area contributed by atoms with E-state index in [0.717, 1.165) is 18.7 Å². The maximum atomic E-state index is 14.2. The molecule has 2 saturated heterocycles. The van der Waals surface area contributed by atoms with Crippen LogP contribution in [0.1, 0.15) is 31.2 Å². The number of rotatable bonds is 6. The molecule has 2 N–H and O–H groups in total. The largest absolute Gasteiger partial charge is 0.416 e. The summed E-state index contributed by atoms with van der Waals surface area (Å²) in [6, 6.07) is 10.6. The van der Waals surface area contributed by atoms with Crippen LogP contribution in [-0.4, -0.2) is 55.0 Å². The first-order chi connectivity index (χ1) is 16.4. The van der Waals surface area contributed by atoms with Gasteiger partial charge in [0.05, 0.1) is 10.0 Å². The molecule has 182 valence electrons. The van der Waals surface area contributed by atoms with Crippen LogP contribution < -0.4 is 15.4 Å². The zero-order chi connectivity index (χ0) is 24.3. The molecule has 0 radical (unpaired) electrons. The van der Waals surface area contributed by atoms with Crippen molar-refractivity contribution < 1.29 is 18.7 Å². The number of nitrogens with zero attached hydrogens (tertiary/aromatic N) is 1. The highest BCUT2D eigenvalue weighted by Gasteiger charge is 2.57. The minimum absolute atomic E-state index is 0.0213. The number of ketones is 1. The number of amides is 1. The van der Waals surface area contributed by atoms with Gasteiger partial charge in [0.1, 0.15) is 17.1 Å². The van der Waals surface area contributed by atoms with Gasteiger partial charge in [0.25, 0.3) is 0 Å². The lowest BCUT2D eigenvalue weighted by atomic mass is 9.72. The highest BCUT2D eigenvalue weighted by molar-refractivity contribution is 6.42. The zero-order valence-corrected chi connectivity index (χ0v) is 20.5. The average Bonchev–Trinajstić information content (AvgIpc) is 3.28. The molecule has 2 aliphatic heterocycles. The van der Waals surface area contributed by atoms with E-state index in [1.165, 1.54) is 29.2 Å². The number of carbonyl (C=O) groups excluding carboxylic acids is 2. The maximum Gasteiger partial charge on any atom is 0.416 e. The quantitative estimate of drug-likeness (QED) is 0.595. The van der Waals surface area contributed by atoms with Gasteiger partial charge in [0, 0.05) is 31.5 Å². The number of nitrogens with one attached hydrogen (secondary N) is 2. The number of likely N-dealkylation sites (N-methyl/N-ethyl adjacent to an activating group) is 1. The van der Waals surface area contributed by atoms with Crippen LogP contribution in [0, 0.1) is 11.7 Å². The van der Waals surface area contributed by atoms with Gasteiger partial charge in [0.15, 0.2) is 5.78 Å². The van der Waals surface area contributed by atoms with Gasteiger partial charge in [-0.3, -0.25) is 9.69 Å². The Morgan fingerprint density at radius 1 is 1.09 bits per heavy atom. The molecule has 0 aromatic heterocycles. The number of Topliss-reactive ketones (excluding diaryl/α,β-unsaturated/α-hetero) is 1. The number of hydrogen-bond donors (Lipinski definition) is 2. The van der Waals surface area contributed by atoms with Crippen molar-refractivity contribution >= 4 is 35.1 Å². The predicted octanol–water partition coefficient (Wildman–Crippen LogP) is 4.65. The minimum Gasteiger partial charge on any atom is -0.410 e. The Morgan fingerprint density at radius 3 is 2.44 bits per heavy atom. The summed E-state index contributed by atoms with van der Waals surface area (Å²) in [4.78, 5) is 29.2. The molecule has 9 heteroatoms. The summed E-state index contributed by atoms with van der Waals surface area (Å²) in [6.45, 7) is 4.39. The minimum atomic E-state index is -1.16. The van der Waals surface area contributed by atoms with Crippen LogP contribution >= 0.6 is 23.2 Å². The Hall–Kier alpha value is -2.19. The van der Waals surface area contributed by atoms with Crippen molar-refractivity contribution in [2.45, 2.75) is 31.2 Å². The normalized spacial score (nSPS) is 23.0. The SMILES string of the molecule is CCN(C(=O)Oc1ccc(F)cc1)[C@]1(C(=O)C2CCNCC2)CNC[C@H]1c1ccc(Cl)c(Cl)c1. The molecular formula is C25H28Cl2FN3O3. The second-order valence-corrected chi connectivity index (χ2v) is 9.55. The lowest BCUT2D eigenvalue weighted by molar-refractivity contribution is -0.135. The molecule has 2 aliphatic rings. The van der Waals surface area contributed by atoms with E-state index in [0.29, 0.717) is 36.0 Å². The highest BCUT2D eigenvalue weighted by Crippen LogP contribution is 2.42. The molecule has 1 amide bonds. The van der Waals surface area contributed by atoms with E-state index >= 15 is 0 Å². The second-order valence-electron chi connectivity index (χ2n) is 8.74. The van der Waals surface area contributed by atoms with Gasteiger partial charge in [-0.1, -0.05) is 29.3 Å². The van der Waals surface area contributed by atoms with Gasteiger partial charge in [-0.15, -0.1) is 0 Å². The third-order valence-electron chi connectivity index (χ3n) is 6.84. The van der Waals surface area contributed by atoms with Crippen molar-refractivity contribution in [3.05, 3.63) is 63.9 Å². The number of halogens is 3. The van der Waals surface area contributed by atoms with E-state index in [-0.39, 0.29) is 29.9 Å². The summed E-state index contributed by atoms with van der Waals surface area (Å²) >= 11 is 12.5. The van der Waals surface area contributed by atoms with Gasteiger partial charge >= 0.3 is 6.09 Å². The Labute approximate surface area is 208 Å². The fourth-order valence-electron chi connectivity index (χ4n) is 5.17. The molecule has 34 heavy (non-hydrogen) atoms. The van der Waals surface area contributed by atoms with Crippen molar-refractivity contribution in [3.8, 4) is 5.75 Å². The van der Waals surface area contributed by atoms with E-state index in [1.54, 1.807) is 12.1 Å². The third-order valence-corrected chi connectivity index (χ3v) is 7.58. The highest BCUT2D eigenvalue weighted by atomic mass is 35.5. The number of carbonyl (C=O) groups is 2. The van der Waals surface area contributed by atoms with Gasteiger partial charge in [-0.05, 0) is 74.8 Å². The van der Waals surface area contributed by atoms with Crippen molar-refractivity contribution in [1.82, 2.24) is 15.5 Å². The summed E-state index contributed by atoms with van der Waals surface area (Å²) in [5, 5.41) is 7.46. The number of benzene rings is 2. The van der Waals surface area contributed by atoms with Gasteiger partial charge in [-0.2, -0.15) is 0 Å². The van der Waals surface area contributed by atoms with E-state index in [2.05, 4.69) is 10.6 Å². The van der Waals surface area contributed by atoms with Crippen molar-refractivity contribution in [2.24, 2.45) is 5.92 Å². The van der Waals surface area contributed by atoms with Crippen molar-refractivity contribution in [2.75, 3.05) is 32.7 Å². The van der Waals surface area contributed by atoms with E-state index < -0.39 is 17.4 Å². The number of piperidine rings is 1. The topological polar surface area (TPSA) is 70.7 Å². The molecule has 0 aliphatic carbocycles. The summed E-state index contributed by atoms with van der Waals surface area (Å²) in [7, 11) is 0. The van der Waals surface area contributed by atoms with Crippen LogP contribution in [0.2, 0.25) is 10.0 Å². The lowest BCUT2D eigenvalue weighted by Crippen LogP contribution is -2.63. The number of hydrogen-bond acceptors (Lipinski definition) is 5. The molecule has 0 saturated carbocycles. The Kier molecular flexibility index (Phi) is 7.77. The van der Waals surface area contributed by atoms with Crippen molar-refractivity contribution in [1.29, 1.82) is 0 Å². The first kappa shape index (κ1) is 24.9. The van der Waals surface area contributed by atoms with E-state index in [4.69, 9.17) is 27.9 Å². The summed E-state index contributed by atoms with van der Waals surface area (Å²) in [5.74, 6) is -0.715. The molecule has 6 nitrogen and oxygen atoms in total. The van der Waals surface area contributed by atoms with Crippen LogP contribution in [0.15, 0.2) is 42.5 Å². The second kappa shape index (κ2) is 10.6. The maximum absolute atomic E-state index is 14.2. The Balaban J connectivity index is 1.75. The summed E-state index contributed by atoms with van der Waals surface area (Å²) in [5.41, 5.74) is -0.333. The smallest absolute Gasteiger partial charge is 0.410 e. The molecule has 2 fully saturated rings. The molecule has 0 unspecified atom stereocenters. The molecule has 2 aromatic carbocycles. The molecule has 0 bridgehead atoms. The fourth-order valence-corrected chi connectivity index (χ4v) is 5.47. The molecule has 2 aromatic rings. The number of ether oxygens (including phenoxy) is 1.